The standard InChI is InChI=1S/C31H47N5O8S/c1-22(2)21-25(27(37)32-36(45(6,41)42)19-18-35-29(39)31(3,4)34(5)30(35)40)24(16-12-15-23-13-8-7-9-14-23)28(38)33-44-26-17-10-11-20-43-26/h7-9,12-15,22,24-26H,10-11,16-21H2,1-6H3,(H,32,37)(H,33,38)/b15-12+/t24-,25+,26?/m0/s1. The maximum absolute atomic E-state index is 13.9. The molecule has 0 aromatic heterocycles. The summed E-state index contributed by atoms with van der Waals surface area (Å²) in [6.07, 6.45) is 6.82. The predicted molar refractivity (Wildman–Crippen MR) is 168 cm³/mol. The van der Waals surface area contributed by atoms with Gasteiger partial charge in [0.1, 0.15) is 5.54 Å². The number of carbonyl (C=O) groups is 4. The number of urea groups is 1. The number of hydrazine groups is 1. The summed E-state index contributed by atoms with van der Waals surface area (Å²) in [6, 6.07) is 8.92. The highest BCUT2D eigenvalue weighted by molar-refractivity contribution is 7.88. The lowest BCUT2D eigenvalue weighted by Gasteiger charge is -2.30. The van der Waals surface area contributed by atoms with Crippen LogP contribution in [-0.4, -0.2) is 91.2 Å². The molecule has 3 atom stereocenters. The van der Waals surface area contributed by atoms with Crippen LogP contribution in [0.25, 0.3) is 6.08 Å². The van der Waals surface area contributed by atoms with Crippen molar-refractivity contribution in [2.24, 2.45) is 17.8 Å². The van der Waals surface area contributed by atoms with Gasteiger partial charge in [-0.25, -0.2) is 23.5 Å². The third kappa shape index (κ3) is 9.83. The van der Waals surface area contributed by atoms with Crippen molar-refractivity contribution in [3.63, 3.8) is 0 Å². The Balaban J connectivity index is 1.82. The number of nitrogens with zero attached hydrogens (tertiary/aromatic N) is 3. The molecule has 250 valence electrons. The molecule has 0 bridgehead atoms. The molecule has 0 aliphatic carbocycles. The van der Waals surface area contributed by atoms with E-state index < -0.39 is 57.4 Å². The molecular formula is C31H47N5O8S. The number of rotatable bonds is 15. The molecule has 14 heteroatoms. The zero-order valence-electron chi connectivity index (χ0n) is 27.0. The molecule has 2 aliphatic heterocycles. The predicted octanol–water partition coefficient (Wildman–Crippen LogP) is 2.91. The SMILES string of the molecule is CC(C)C[C@@H](C(=O)NN(CCN1C(=O)N(C)C(C)(C)C1=O)S(C)(=O)=O)[C@H](C/C=C/c1ccccc1)C(=O)NOC1CCCCO1. The number of hydroxylamine groups is 1. The Kier molecular flexibility index (Phi) is 12.7. The summed E-state index contributed by atoms with van der Waals surface area (Å²) in [7, 11) is -2.54. The van der Waals surface area contributed by atoms with E-state index in [9.17, 15) is 27.6 Å². The molecule has 0 spiro atoms. The minimum absolute atomic E-state index is 0.0268. The normalized spacial score (nSPS) is 20.2. The molecule has 2 heterocycles. The molecule has 1 aromatic carbocycles. The Morgan fingerprint density at radius 1 is 1.13 bits per heavy atom. The number of nitrogens with one attached hydrogen (secondary N) is 2. The third-order valence-corrected chi connectivity index (χ3v) is 9.17. The number of hydrogen-bond donors (Lipinski definition) is 2. The first-order chi connectivity index (χ1) is 21.1. The van der Waals surface area contributed by atoms with E-state index in [-0.39, 0.29) is 31.8 Å². The second kappa shape index (κ2) is 15.8. The molecule has 0 saturated carbocycles. The van der Waals surface area contributed by atoms with E-state index in [2.05, 4.69) is 10.9 Å². The van der Waals surface area contributed by atoms with Gasteiger partial charge in [0.05, 0.1) is 24.6 Å². The van der Waals surface area contributed by atoms with Crippen molar-refractivity contribution < 1.29 is 37.2 Å². The van der Waals surface area contributed by atoms with Crippen molar-refractivity contribution in [1.29, 1.82) is 0 Å². The molecule has 2 aliphatic rings. The van der Waals surface area contributed by atoms with Gasteiger partial charge in [-0.05, 0) is 51.0 Å². The molecule has 5 amide bonds. The van der Waals surface area contributed by atoms with E-state index in [4.69, 9.17) is 9.57 Å². The van der Waals surface area contributed by atoms with E-state index in [1.54, 1.807) is 19.9 Å². The van der Waals surface area contributed by atoms with Crippen LogP contribution in [0.1, 0.15) is 65.4 Å². The van der Waals surface area contributed by atoms with Gasteiger partial charge in [-0.15, -0.1) is 4.41 Å². The highest BCUT2D eigenvalue weighted by Crippen LogP contribution is 2.27. The fourth-order valence-electron chi connectivity index (χ4n) is 5.21. The Hall–Kier alpha value is -3.33. The van der Waals surface area contributed by atoms with E-state index in [1.807, 2.05) is 50.3 Å². The number of carbonyl (C=O) groups excluding carboxylic acids is 4. The van der Waals surface area contributed by atoms with Crippen molar-refractivity contribution >= 4 is 39.9 Å². The zero-order chi connectivity index (χ0) is 33.4. The average Bonchev–Trinajstić information content (AvgIpc) is 3.13. The Labute approximate surface area is 266 Å². The average molecular weight is 650 g/mol. The lowest BCUT2D eigenvalue weighted by molar-refractivity contribution is -0.203. The summed E-state index contributed by atoms with van der Waals surface area (Å²) in [6.45, 7) is 6.88. The number of sulfonamides is 1. The molecular weight excluding hydrogens is 602 g/mol. The van der Waals surface area contributed by atoms with Gasteiger partial charge in [0.2, 0.25) is 21.8 Å². The van der Waals surface area contributed by atoms with Gasteiger partial charge in [-0.3, -0.25) is 24.7 Å². The van der Waals surface area contributed by atoms with Crippen LogP contribution in [0.3, 0.4) is 0 Å². The third-order valence-electron chi connectivity index (χ3n) is 8.10. The maximum atomic E-state index is 13.9. The van der Waals surface area contributed by atoms with Crippen LogP contribution in [0.15, 0.2) is 36.4 Å². The highest BCUT2D eigenvalue weighted by Gasteiger charge is 2.49. The molecule has 2 N–H and O–H groups in total. The molecule has 0 radical (unpaired) electrons. The minimum atomic E-state index is -4.03. The van der Waals surface area contributed by atoms with Crippen molar-refractivity contribution in [3.8, 4) is 0 Å². The summed E-state index contributed by atoms with van der Waals surface area (Å²) in [4.78, 5) is 60.8. The molecule has 3 rings (SSSR count). The lowest BCUT2D eigenvalue weighted by atomic mass is 9.82. The van der Waals surface area contributed by atoms with Crippen LogP contribution in [-0.2, 0) is 34.0 Å². The van der Waals surface area contributed by atoms with Gasteiger partial charge in [-0.2, -0.15) is 0 Å². The summed E-state index contributed by atoms with van der Waals surface area (Å²) in [5.41, 5.74) is 4.78. The van der Waals surface area contributed by atoms with Crippen molar-refractivity contribution in [1.82, 2.24) is 25.1 Å². The van der Waals surface area contributed by atoms with Crippen LogP contribution in [0, 0.1) is 17.8 Å². The molecule has 13 nitrogen and oxygen atoms in total. The molecule has 45 heavy (non-hydrogen) atoms. The summed E-state index contributed by atoms with van der Waals surface area (Å²) in [5.74, 6) is -3.60. The monoisotopic (exact) mass is 649 g/mol. The number of benzene rings is 1. The Bertz CT molecular complexity index is 1330. The smallest absolute Gasteiger partial charge is 0.327 e. The van der Waals surface area contributed by atoms with Gasteiger partial charge in [0.25, 0.3) is 5.91 Å². The van der Waals surface area contributed by atoms with Crippen LogP contribution >= 0.6 is 0 Å². The van der Waals surface area contributed by atoms with Crippen LogP contribution in [0.4, 0.5) is 4.79 Å². The van der Waals surface area contributed by atoms with E-state index in [0.717, 1.165) is 34.0 Å². The largest absolute Gasteiger partial charge is 0.350 e. The van der Waals surface area contributed by atoms with Gasteiger partial charge < -0.3 is 9.64 Å². The number of amides is 5. The zero-order valence-corrected chi connectivity index (χ0v) is 27.8. The second-order valence-electron chi connectivity index (χ2n) is 12.4. The number of likely N-dealkylation sites (N-methyl/N-ethyl adjacent to an activating group) is 1. The first-order valence-corrected chi connectivity index (χ1v) is 17.1. The fourth-order valence-corrected chi connectivity index (χ4v) is 5.88. The van der Waals surface area contributed by atoms with E-state index in [1.165, 1.54) is 11.9 Å². The first kappa shape index (κ1) is 36.1. The Morgan fingerprint density at radius 3 is 2.38 bits per heavy atom. The lowest BCUT2D eigenvalue weighted by Crippen LogP contribution is -2.53. The van der Waals surface area contributed by atoms with Crippen LogP contribution in [0.5, 0.6) is 0 Å². The number of allylic oxidation sites excluding steroid dienone is 1. The summed E-state index contributed by atoms with van der Waals surface area (Å²) in [5, 5.41) is 0. The highest BCUT2D eigenvalue weighted by atomic mass is 32.2. The summed E-state index contributed by atoms with van der Waals surface area (Å²) < 4.78 is 31.8. The topological polar surface area (TPSA) is 155 Å². The first-order valence-electron chi connectivity index (χ1n) is 15.3. The van der Waals surface area contributed by atoms with Gasteiger partial charge in [-0.1, -0.05) is 56.3 Å². The number of hydrogen-bond acceptors (Lipinski definition) is 8. The van der Waals surface area contributed by atoms with Crippen molar-refractivity contribution in [2.45, 2.75) is 71.6 Å². The van der Waals surface area contributed by atoms with Crippen molar-refractivity contribution in [3.05, 3.63) is 42.0 Å². The Morgan fingerprint density at radius 2 is 1.82 bits per heavy atom. The van der Waals surface area contributed by atoms with E-state index >= 15 is 0 Å². The molecule has 1 unspecified atom stereocenters. The maximum Gasteiger partial charge on any atom is 0.327 e. The molecule has 1 aromatic rings. The van der Waals surface area contributed by atoms with Gasteiger partial charge in [0.15, 0.2) is 6.29 Å². The van der Waals surface area contributed by atoms with Crippen molar-refractivity contribution in [2.75, 3.05) is 33.0 Å². The molecule has 2 saturated heterocycles. The van der Waals surface area contributed by atoms with E-state index in [0.29, 0.717) is 13.0 Å². The van der Waals surface area contributed by atoms with Gasteiger partial charge >= 0.3 is 6.03 Å². The number of ether oxygens (including phenoxy) is 1. The minimum Gasteiger partial charge on any atom is -0.350 e. The summed E-state index contributed by atoms with van der Waals surface area (Å²) >= 11 is 0. The molecule has 2 fully saturated rings. The fraction of sp³-hybridized carbons (Fsp3) is 0.613. The quantitative estimate of drug-likeness (QED) is 0.217. The van der Waals surface area contributed by atoms with Crippen LogP contribution in [0.2, 0.25) is 0 Å². The second-order valence-corrected chi connectivity index (χ2v) is 14.3. The number of imide groups is 1. The van der Waals surface area contributed by atoms with Gasteiger partial charge in [0, 0.05) is 26.6 Å². The van der Waals surface area contributed by atoms with Crippen LogP contribution < -0.4 is 10.9 Å².